The number of ether oxygens (including phenoxy) is 6. The number of anilines is 3. The van der Waals surface area contributed by atoms with Crippen LogP contribution in [0.3, 0.4) is 0 Å². The van der Waals surface area contributed by atoms with Gasteiger partial charge in [-0.15, -0.1) is 0 Å². The van der Waals surface area contributed by atoms with Crippen LogP contribution in [-0.2, 0) is 83.1 Å². The number of hydrogen-bond acceptors (Lipinski definition) is 33. The van der Waals surface area contributed by atoms with Crippen molar-refractivity contribution >= 4 is 92.1 Å². The SMILES string of the molecule is CCOC(=O)C(C)(C)NP(=O)(Oc1ccccc1)O[C@@H]1C[C@H](n2cnc3c(N)nc(C)nc32)O[C@@H]1CO.Cc1nc(N)c2ncn([C@H]3C[C@@H](OP(=O)(N[C@@H](C)C(=O)OCC(C)(C)C)Oc4ccccc4)[C@@H](CO)O3)c2n1.Cc1nc(N)c2ncn([C@H]3C[C@@H](OP(=O)(N[C@@H](Cc4ccccc4)C(=O)OCc4ccccc4)Oc4ccccc4)[C@@H](CO)O3)c2n1. The number of imidazole rings is 3. The van der Waals surface area contributed by atoms with Gasteiger partial charge in [0.25, 0.3) is 0 Å². The van der Waals surface area contributed by atoms with E-state index in [1.807, 2.05) is 81.4 Å². The first kappa shape index (κ1) is 91.4. The molecule has 14 rings (SSSR count). The summed E-state index contributed by atoms with van der Waals surface area (Å²) < 4.78 is 118. The molecule has 656 valence electrons. The highest BCUT2D eigenvalue weighted by atomic mass is 31.2. The summed E-state index contributed by atoms with van der Waals surface area (Å²) in [5, 5.41) is 38.6. The number of rotatable bonds is 33. The lowest BCUT2D eigenvalue weighted by Gasteiger charge is -2.31. The molecule has 5 aromatic carbocycles. The fourth-order valence-electron chi connectivity index (χ4n) is 13.3. The molecule has 11 aromatic rings. The van der Waals surface area contributed by atoms with Gasteiger partial charge in [0.2, 0.25) is 0 Å². The third-order valence-corrected chi connectivity index (χ3v) is 24.2. The van der Waals surface area contributed by atoms with E-state index in [2.05, 4.69) is 60.1 Å². The van der Waals surface area contributed by atoms with Crippen molar-refractivity contribution in [3.8, 4) is 17.2 Å². The number of nitrogens with one attached hydrogen (secondary N) is 3. The maximum Gasteiger partial charge on any atom is 0.460 e. The Morgan fingerprint density at radius 3 is 1.20 bits per heavy atom. The highest BCUT2D eigenvalue weighted by Crippen LogP contribution is 2.54. The molecule has 39 nitrogen and oxygen atoms in total. The number of fused-ring (bicyclic) bond motifs is 3. The van der Waals surface area contributed by atoms with E-state index in [-0.39, 0.29) is 85.6 Å². The Kier molecular flexibility index (Phi) is 29.9. The molecular formula is C81H101N18O21P3. The Morgan fingerprint density at radius 2 is 0.837 bits per heavy atom. The van der Waals surface area contributed by atoms with E-state index in [9.17, 15) is 43.4 Å². The number of aliphatic hydroxyl groups is 3. The second kappa shape index (κ2) is 40.2. The lowest BCUT2D eigenvalue weighted by molar-refractivity contribution is -0.149. The van der Waals surface area contributed by atoms with Crippen LogP contribution in [0, 0.1) is 26.2 Å². The van der Waals surface area contributed by atoms with Crippen LogP contribution >= 0.6 is 23.2 Å². The van der Waals surface area contributed by atoms with Crippen molar-refractivity contribution in [2.45, 2.75) is 174 Å². The number of carbonyl (C=O) groups excluding carboxylic acids is 3. The van der Waals surface area contributed by atoms with Gasteiger partial charge in [0.15, 0.2) is 34.4 Å². The standard InChI is InChI=1S/C33H35N6O7P.C25H35N6O7P.C23H31N6O7P/c1-22-36-31(34)30-32(37-22)39(21-35-30)29-18-27(28(19-40)44-29)46-47(42,45-25-15-9-4-10-16-25)38-26(17-23-11-5-2-6-12-23)33(41)43-20-24-13-7-3-8-14-24;1-15(24(33)35-13-25(3,4)5)30-39(34,37-17-9-7-6-8-10-17)38-18-11-20(36-19(18)12-32)31-14-27-21-22(26)28-16(2)29-23(21)31;1-5-33-22(31)23(3,4)28-37(32,35-15-9-7-6-8-10-15)36-16-11-18(34-17(16)12-30)29-13-25-19-20(24)26-14(2)27-21(19)29/h2-16,21,26-29,40H,17-20H2,1H3,(H,38,42)(H2,34,36,37);6-10,14-15,18-20,32H,11-13H2,1-5H3,(H,30,34)(H2,26,28,29);6-10,13,16-18,30H,5,11-12H2,1-4H3,(H,28,32)(H2,24,26,27)/t26-,27+,28+,29+,47?;15-,18+,19+,20+,39?;16-,17-,18-,37?/m001/s1. The van der Waals surface area contributed by atoms with Gasteiger partial charge in [0, 0.05) is 19.3 Å². The van der Waals surface area contributed by atoms with Crippen LogP contribution in [-0.4, -0.2) is 179 Å². The lowest BCUT2D eigenvalue weighted by Crippen LogP contribution is -2.47. The van der Waals surface area contributed by atoms with Gasteiger partial charge in [0.05, 0.1) is 52.0 Å². The summed E-state index contributed by atoms with van der Waals surface area (Å²) >= 11 is 0. The van der Waals surface area contributed by atoms with E-state index in [0.717, 1.165) is 11.1 Å². The van der Waals surface area contributed by atoms with Gasteiger partial charge in [-0.2, -0.15) is 15.3 Å². The van der Waals surface area contributed by atoms with Crippen LogP contribution in [0.1, 0.15) is 115 Å². The van der Waals surface area contributed by atoms with E-state index >= 15 is 0 Å². The van der Waals surface area contributed by atoms with Gasteiger partial charge in [-0.25, -0.2) is 58.6 Å². The van der Waals surface area contributed by atoms with Gasteiger partial charge in [0.1, 0.15) is 131 Å². The van der Waals surface area contributed by atoms with Gasteiger partial charge in [-0.3, -0.25) is 41.7 Å². The second-order valence-electron chi connectivity index (χ2n) is 30.7. The van der Waals surface area contributed by atoms with E-state index in [1.54, 1.807) is 132 Å². The van der Waals surface area contributed by atoms with Crippen LogP contribution < -0.4 is 46.0 Å². The molecule has 0 spiro atoms. The van der Waals surface area contributed by atoms with Crippen molar-refractivity contribution in [2.24, 2.45) is 5.41 Å². The molecule has 0 aliphatic carbocycles. The number of nitrogens with two attached hydrogens (primary N) is 3. The molecule has 0 amide bonds. The maximum absolute atomic E-state index is 14.7. The molecule has 6 aromatic heterocycles. The summed E-state index contributed by atoms with van der Waals surface area (Å²) in [6, 6.07) is 41.7. The molecule has 9 heterocycles. The molecular weight excluding hydrogens is 1650 g/mol. The van der Waals surface area contributed by atoms with E-state index in [0.29, 0.717) is 51.0 Å². The molecule has 0 radical (unpaired) electrons. The van der Waals surface area contributed by atoms with E-state index < -0.39 is 134 Å². The van der Waals surface area contributed by atoms with Crippen molar-refractivity contribution in [2.75, 3.05) is 50.2 Å². The van der Waals surface area contributed by atoms with Crippen molar-refractivity contribution in [3.63, 3.8) is 0 Å². The molecule has 0 saturated carbocycles. The minimum absolute atomic E-state index is 0.0223. The summed E-state index contributed by atoms with van der Waals surface area (Å²) in [5.74, 6) is 0.961. The number of nitrogen functional groups attached to an aromatic ring is 3. The van der Waals surface area contributed by atoms with Crippen molar-refractivity contribution in [1.29, 1.82) is 0 Å². The van der Waals surface area contributed by atoms with Crippen LogP contribution in [0.2, 0.25) is 0 Å². The largest absolute Gasteiger partial charge is 0.465 e. The molecule has 14 atom stereocenters. The van der Waals surface area contributed by atoms with Crippen molar-refractivity contribution in [1.82, 2.24) is 73.8 Å². The average molecular weight is 1760 g/mol. The number of esters is 3. The molecule has 12 N–H and O–H groups in total. The first-order valence-electron chi connectivity index (χ1n) is 39.4. The Hall–Kier alpha value is -10.8. The first-order chi connectivity index (χ1) is 58.7. The fraction of sp³-hybridized carbons (Fsp3) is 0.407. The summed E-state index contributed by atoms with van der Waals surface area (Å²) in [7, 11) is -12.8. The molecule has 42 heteroatoms. The monoisotopic (exact) mass is 1750 g/mol. The third-order valence-electron chi connectivity index (χ3n) is 19.1. The van der Waals surface area contributed by atoms with Crippen molar-refractivity contribution in [3.05, 3.63) is 199 Å². The maximum atomic E-state index is 14.7. The van der Waals surface area contributed by atoms with Crippen LogP contribution in [0.15, 0.2) is 171 Å². The minimum atomic E-state index is -4.36. The normalized spacial score (nSPS) is 21.0. The van der Waals surface area contributed by atoms with Crippen LogP contribution in [0.25, 0.3) is 33.5 Å². The smallest absolute Gasteiger partial charge is 0.460 e. The number of carbonyl (C=O) groups is 3. The quantitative estimate of drug-likeness (QED) is 0.0105. The molecule has 0 bridgehead atoms. The van der Waals surface area contributed by atoms with E-state index in [1.165, 1.54) is 39.8 Å². The van der Waals surface area contributed by atoms with Crippen LogP contribution in [0.5, 0.6) is 17.2 Å². The average Bonchev–Trinajstić information content (AvgIpc) is 1.63. The Morgan fingerprint density at radius 1 is 0.488 bits per heavy atom. The number of aromatic nitrogens is 12. The Balaban J connectivity index is 0.000000170. The lowest BCUT2D eigenvalue weighted by atomic mass is 9.99. The number of hydrogen-bond donors (Lipinski definition) is 9. The minimum Gasteiger partial charge on any atom is -0.465 e. The van der Waals surface area contributed by atoms with Gasteiger partial charge < -0.3 is 74.5 Å². The molecule has 3 aliphatic rings. The number of aryl methyl sites for hydroxylation is 3. The molecule has 3 fully saturated rings. The highest BCUT2D eigenvalue weighted by Gasteiger charge is 2.49. The molecule has 123 heavy (non-hydrogen) atoms. The predicted octanol–water partition coefficient (Wildman–Crippen LogP) is 10.2. The van der Waals surface area contributed by atoms with Crippen molar-refractivity contribution < 1.29 is 99.0 Å². The van der Waals surface area contributed by atoms with Crippen LogP contribution in [0.4, 0.5) is 17.5 Å². The summed E-state index contributed by atoms with van der Waals surface area (Å²) in [6.07, 6.45) is -2.15. The second-order valence-corrected chi connectivity index (χ2v) is 35.6. The zero-order chi connectivity index (χ0) is 88.0. The molecule has 3 aliphatic heterocycles. The summed E-state index contributed by atoms with van der Waals surface area (Å²) in [6.45, 7) is 16.2. The molecule has 3 unspecified atom stereocenters. The predicted molar refractivity (Wildman–Crippen MR) is 449 cm³/mol. The van der Waals surface area contributed by atoms with Gasteiger partial charge >= 0.3 is 41.1 Å². The topological polar surface area (TPSA) is 519 Å². The number of para-hydroxylation sites is 3. The van der Waals surface area contributed by atoms with E-state index in [4.69, 9.17) is 72.8 Å². The Bertz CT molecular complexity index is 5550. The summed E-state index contributed by atoms with van der Waals surface area (Å²) in [4.78, 5) is 77.4. The van der Waals surface area contributed by atoms with Gasteiger partial charge in [-0.1, -0.05) is 136 Å². The zero-order valence-corrected chi connectivity index (χ0v) is 71.9. The first-order valence-corrected chi connectivity index (χ1v) is 44.1. The highest BCUT2D eigenvalue weighted by molar-refractivity contribution is 7.52. The number of aliphatic hydroxyl groups excluding tert-OH is 3. The van der Waals surface area contributed by atoms with Gasteiger partial charge in [-0.05, 0) is 108 Å². The summed E-state index contributed by atoms with van der Waals surface area (Å²) in [5.41, 5.74) is 20.6. The zero-order valence-electron chi connectivity index (χ0n) is 69.2. The third kappa shape index (κ3) is 23.8. The molecule has 3 saturated heterocycles. The fourth-order valence-corrected chi connectivity index (χ4v) is 18.6. The number of nitrogens with zero attached hydrogens (tertiary/aromatic N) is 12. The number of benzene rings is 5. The Labute approximate surface area is 708 Å².